The number of amides is 2. The van der Waals surface area contributed by atoms with Gasteiger partial charge in [0.25, 0.3) is 11.8 Å². The first-order valence-electron chi connectivity index (χ1n) is 8.22. The van der Waals surface area contributed by atoms with Gasteiger partial charge in [-0.1, -0.05) is 17.7 Å². The molecule has 1 fully saturated rings. The van der Waals surface area contributed by atoms with E-state index in [0.29, 0.717) is 27.8 Å². The summed E-state index contributed by atoms with van der Waals surface area (Å²) >= 11 is 6.03. The van der Waals surface area contributed by atoms with Gasteiger partial charge in [-0.05, 0) is 49.2 Å². The molecule has 1 aliphatic carbocycles. The summed E-state index contributed by atoms with van der Waals surface area (Å²) < 4.78 is 10.5. The van der Waals surface area contributed by atoms with Gasteiger partial charge in [-0.2, -0.15) is 0 Å². The highest BCUT2D eigenvalue weighted by Crippen LogP contribution is 2.27. The van der Waals surface area contributed by atoms with E-state index in [4.69, 9.17) is 21.1 Å². The number of hydrogen-bond donors (Lipinski definition) is 2. The topological polar surface area (TPSA) is 76.7 Å². The van der Waals surface area contributed by atoms with E-state index >= 15 is 0 Å². The lowest BCUT2D eigenvalue weighted by molar-refractivity contribution is -0.118. The van der Waals surface area contributed by atoms with Crippen LogP contribution in [0.25, 0.3) is 0 Å². The Morgan fingerprint density at radius 2 is 2.00 bits per heavy atom. The summed E-state index contributed by atoms with van der Waals surface area (Å²) in [6.45, 7) is -0.183. The van der Waals surface area contributed by atoms with Crippen molar-refractivity contribution in [3.63, 3.8) is 0 Å². The maximum absolute atomic E-state index is 12.0. The number of hydrogen-bond acceptors (Lipinski definition) is 4. The van der Waals surface area contributed by atoms with E-state index in [1.54, 1.807) is 42.5 Å². The number of rotatable bonds is 7. The van der Waals surface area contributed by atoms with E-state index in [-0.39, 0.29) is 24.5 Å². The van der Waals surface area contributed by atoms with Gasteiger partial charge in [0.1, 0.15) is 11.5 Å². The van der Waals surface area contributed by atoms with E-state index in [9.17, 15) is 9.59 Å². The van der Waals surface area contributed by atoms with Crippen LogP contribution < -0.4 is 20.1 Å². The first kappa shape index (κ1) is 18.1. The van der Waals surface area contributed by atoms with Crippen molar-refractivity contribution in [2.75, 3.05) is 19.0 Å². The molecule has 0 bridgehead atoms. The Bertz CT molecular complexity index is 821. The van der Waals surface area contributed by atoms with Crippen molar-refractivity contribution in [3.05, 3.63) is 53.1 Å². The third-order valence-corrected chi connectivity index (χ3v) is 4.11. The molecule has 0 radical (unpaired) electrons. The van der Waals surface area contributed by atoms with Gasteiger partial charge in [0, 0.05) is 17.3 Å². The Morgan fingerprint density at radius 3 is 2.69 bits per heavy atom. The number of ether oxygens (including phenoxy) is 2. The number of halogens is 1. The molecule has 0 aromatic heterocycles. The molecular weight excluding hydrogens is 356 g/mol. The Balaban J connectivity index is 1.54. The average Bonchev–Trinajstić information content (AvgIpc) is 3.44. The molecule has 2 N–H and O–H groups in total. The lowest BCUT2D eigenvalue weighted by Crippen LogP contribution is -2.25. The molecule has 2 amide bonds. The van der Waals surface area contributed by atoms with Crippen LogP contribution in [0.15, 0.2) is 42.5 Å². The van der Waals surface area contributed by atoms with Gasteiger partial charge in [-0.3, -0.25) is 9.59 Å². The molecule has 0 unspecified atom stereocenters. The van der Waals surface area contributed by atoms with Crippen LogP contribution in [0.3, 0.4) is 0 Å². The molecule has 0 saturated heterocycles. The van der Waals surface area contributed by atoms with Gasteiger partial charge < -0.3 is 20.1 Å². The molecule has 3 rings (SSSR count). The maximum atomic E-state index is 12.0. The lowest BCUT2D eigenvalue weighted by atomic mass is 10.2. The van der Waals surface area contributed by atoms with Gasteiger partial charge >= 0.3 is 0 Å². The van der Waals surface area contributed by atoms with E-state index in [1.807, 2.05) is 0 Å². The van der Waals surface area contributed by atoms with Crippen molar-refractivity contribution >= 4 is 29.1 Å². The average molecular weight is 375 g/mol. The van der Waals surface area contributed by atoms with Crippen LogP contribution in [0.2, 0.25) is 5.02 Å². The Morgan fingerprint density at radius 1 is 1.19 bits per heavy atom. The summed E-state index contributed by atoms with van der Waals surface area (Å²) in [5.41, 5.74) is 1.05. The molecular formula is C19H19ClN2O4. The Hall–Kier alpha value is -2.73. The van der Waals surface area contributed by atoms with Crippen LogP contribution in [0.4, 0.5) is 5.69 Å². The van der Waals surface area contributed by atoms with Gasteiger partial charge in [0.15, 0.2) is 6.61 Å². The van der Waals surface area contributed by atoms with Crippen molar-refractivity contribution in [1.82, 2.24) is 5.32 Å². The van der Waals surface area contributed by atoms with Crippen molar-refractivity contribution in [2.24, 2.45) is 0 Å². The smallest absolute Gasteiger partial charge is 0.262 e. The quantitative estimate of drug-likeness (QED) is 0.779. The zero-order chi connectivity index (χ0) is 18.5. The van der Waals surface area contributed by atoms with E-state index in [2.05, 4.69) is 10.6 Å². The largest absolute Gasteiger partial charge is 0.495 e. The predicted octanol–water partition coefficient (Wildman–Crippen LogP) is 3.26. The highest BCUT2D eigenvalue weighted by atomic mass is 35.5. The van der Waals surface area contributed by atoms with Gasteiger partial charge in [-0.15, -0.1) is 0 Å². The van der Waals surface area contributed by atoms with Crippen LogP contribution in [0, 0.1) is 0 Å². The minimum Gasteiger partial charge on any atom is -0.495 e. The molecule has 1 aliphatic rings. The Labute approximate surface area is 156 Å². The highest BCUT2D eigenvalue weighted by molar-refractivity contribution is 6.32. The van der Waals surface area contributed by atoms with Crippen LogP contribution in [-0.2, 0) is 4.79 Å². The zero-order valence-corrected chi connectivity index (χ0v) is 15.0. The molecule has 26 heavy (non-hydrogen) atoms. The number of benzene rings is 2. The van der Waals surface area contributed by atoms with Gasteiger partial charge in [-0.25, -0.2) is 0 Å². The lowest BCUT2D eigenvalue weighted by Gasteiger charge is -2.10. The van der Waals surface area contributed by atoms with Gasteiger partial charge in [0.2, 0.25) is 0 Å². The summed E-state index contributed by atoms with van der Waals surface area (Å²) in [6, 6.07) is 12.0. The first-order chi connectivity index (χ1) is 12.5. The molecule has 0 aliphatic heterocycles. The van der Waals surface area contributed by atoms with Crippen molar-refractivity contribution in [1.29, 1.82) is 0 Å². The second-order valence-electron chi connectivity index (χ2n) is 5.96. The molecule has 136 valence electrons. The minimum absolute atomic E-state index is 0.129. The molecule has 0 spiro atoms. The number of methoxy groups -OCH3 is 1. The fraction of sp³-hybridized carbons (Fsp3) is 0.263. The second-order valence-corrected chi connectivity index (χ2v) is 6.37. The van der Waals surface area contributed by atoms with Crippen molar-refractivity contribution < 1.29 is 19.1 Å². The normalized spacial score (nSPS) is 13.0. The third-order valence-electron chi connectivity index (χ3n) is 3.81. The molecule has 7 heteroatoms. The number of carbonyl (C=O) groups excluding carboxylic acids is 2. The fourth-order valence-corrected chi connectivity index (χ4v) is 2.57. The fourth-order valence-electron chi connectivity index (χ4n) is 2.31. The van der Waals surface area contributed by atoms with E-state index < -0.39 is 0 Å². The molecule has 2 aromatic rings. The summed E-state index contributed by atoms with van der Waals surface area (Å²) in [4.78, 5) is 24.1. The number of nitrogens with one attached hydrogen (secondary N) is 2. The highest BCUT2D eigenvalue weighted by Gasteiger charge is 2.23. The van der Waals surface area contributed by atoms with Crippen LogP contribution in [-0.4, -0.2) is 31.6 Å². The van der Waals surface area contributed by atoms with Gasteiger partial charge in [0.05, 0.1) is 12.1 Å². The minimum atomic E-state index is -0.334. The molecule has 6 nitrogen and oxygen atoms in total. The summed E-state index contributed by atoms with van der Waals surface area (Å²) in [5, 5.41) is 6.01. The molecule has 1 saturated carbocycles. The summed E-state index contributed by atoms with van der Waals surface area (Å²) in [7, 11) is 1.52. The van der Waals surface area contributed by atoms with Crippen molar-refractivity contribution in [2.45, 2.75) is 18.9 Å². The summed E-state index contributed by atoms with van der Waals surface area (Å²) in [6.07, 6.45) is 2.05. The van der Waals surface area contributed by atoms with Crippen LogP contribution in [0.5, 0.6) is 11.5 Å². The predicted molar refractivity (Wildman–Crippen MR) is 99.1 cm³/mol. The zero-order valence-electron chi connectivity index (χ0n) is 14.3. The Kier molecular flexibility index (Phi) is 5.63. The SMILES string of the molecule is COc1ccc(NC(=O)COc2cccc(C(=O)NC3CC3)c2)cc1Cl. The standard InChI is InChI=1S/C19H19ClN2O4/c1-25-17-8-7-14(10-16(17)20)21-18(23)11-26-15-4-2-3-12(9-15)19(24)22-13-5-6-13/h2-4,7-10,13H,5-6,11H2,1H3,(H,21,23)(H,22,24). The first-order valence-corrected chi connectivity index (χ1v) is 8.60. The molecule has 2 aromatic carbocycles. The van der Waals surface area contributed by atoms with Crippen LogP contribution >= 0.6 is 11.6 Å². The number of anilines is 1. The number of carbonyl (C=O) groups is 2. The van der Waals surface area contributed by atoms with Crippen LogP contribution in [0.1, 0.15) is 23.2 Å². The van der Waals surface area contributed by atoms with Crippen molar-refractivity contribution in [3.8, 4) is 11.5 Å². The monoisotopic (exact) mass is 374 g/mol. The molecule has 0 heterocycles. The molecule has 0 atom stereocenters. The third kappa shape index (κ3) is 4.89. The van der Waals surface area contributed by atoms with E-state index in [0.717, 1.165) is 12.8 Å². The maximum Gasteiger partial charge on any atom is 0.262 e. The second kappa shape index (κ2) is 8.10. The van der Waals surface area contributed by atoms with E-state index in [1.165, 1.54) is 7.11 Å². The summed E-state index contributed by atoms with van der Waals surface area (Å²) in [5.74, 6) is 0.521.